The van der Waals surface area contributed by atoms with Crippen LogP contribution < -0.4 is 31.9 Å². The van der Waals surface area contributed by atoms with E-state index in [0.29, 0.717) is 38.5 Å². The van der Waals surface area contributed by atoms with Gasteiger partial charge in [0.1, 0.15) is 0 Å². The van der Waals surface area contributed by atoms with Gasteiger partial charge in [-0.1, -0.05) is 0 Å². The number of nitrogens with one attached hydrogen (secondary N) is 6. The highest BCUT2D eigenvalue weighted by Crippen LogP contribution is 2.33. The first-order valence-electron chi connectivity index (χ1n) is 18.2. The summed E-state index contributed by atoms with van der Waals surface area (Å²) in [7, 11) is 0. The molecule has 3 saturated heterocycles. The van der Waals surface area contributed by atoms with E-state index in [1.165, 1.54) is 0 Å². The van der Waals surface area contributed by atoms with Crippen LogP contribution in [0.2, 0.25) is 0 Å². The number of hydrogen-bond acceptors (Lipinski definition) is 12. The molecule has 0 radical (unpaired) electrons. The first kappa shape index (κ1) is 40.9. The van der Waals surface area contributed by atoms with Crippen molar-refractivity contribution in [1.82, 2.24) is 46.9 Å². The minimum Gasteiger partial charge on any atom is -0.480 e. The second-order valence-electron chi connectivity index (χ2n) is 19.2. The van der Waals surface area contributed by atoms with Crippen LogP contribution in [0.15, 0.2) is 0 Å². The molecule has 3 atom stereocenters. The number of aliphatic carboxylic acids is 3. The molecule has 1 aromatic rings. The van der Waals surface area contributed by atoms with Crippen LogP contribution in [-0.4, -0.2) is 99.5 Å². The van der Waals surface area contributed by atoms with E-state index in [1.54, 1.807) is 0 Å². The lowest BCUT2D eigenvalue weighted by atomic mass is 9.79. The molecule has 15 heteroatoms. The highest BCUT2D eigenvalue weighted by atomic mass is 16.4. The maximum Gasteiger partial charge on any atom is 0.328 e. The van der Waals surface area contributed by atoms with E-state index >= 15 is 0 Å². The van der Waals surface area contributed by atoms with Crippen LogP contribution >= 0.6 is 0 Å². The summed E-state index contributed by atoms with van der Waals surface area (Å²) in [4.78, 5) is 52.5. The Labute approximate surface area is 302 Å². The second-order valence-corrected chi connectivity index (χ2v) is 19.2. The molecule has 51 heavy (non-hydrogen) atoms. The Hall–Kier alpha value is -2.82. The summed E-state index contributed by atoms with van der Waals surface area (Å²) in [6.07, 6.45) is 3.62. The lowest BCUT2D eigenvalue weighted by Gasteiger charge is -2.47. The molecule has 4 heterocycles. The van der Waals surface area contributed by atoms with Crippen molar-refractivity contribution in [3.8, 4) is 0 Å². The average Bonchev–Trinajstić information content (AvgIpc) is 2.87. The van der Waals surface area contributed by atoms with Gasteiger partial charge < -0.3 is 31.3 Å². The first-order chi connectivity index (χ1) is 23.1. The van der Waals surface area contributed by atoms with Gasteiger partial charge in [-0.2, -0.15) is 0 Å². The molecule has 0 bridgehead atoms. The predicted octanol–water partition coefficient (Wildman–Crippen LogP) is 2.95. The normalized spacial score (nSPS) is 26.1. The van der Waals surface area contributed by atoms with Crippen molar-refractivity contribution >= 4 is 17.9 Å². The minimum atomic E-state index is -1.46. The quantitative estimate of drug-likeness (QED) is 0.152. The van der Waals surface area contributed by atoms with Crippen molar-refractivity contribution in [2.75, 3.05) is 0 Å². The molecule has 0 amide bonds. The van der Waals surface area contributed by atoms with Crippen molar-refractivity contribution < 1.29 is 29.7 Å². The fourth-order valence-electron chi connectivity index (χ4n) is 9.61. The molecule has 4 rings (SSSR count). The van der Waals surface area contributed by atoms with Crippen LogP contribution in [0.4, 0.5) is 0 Å². The van der Waals surface area contributed by atoms with Gasteiger partial charge >= 0.3 is 17.9 Å². The van der Waals surface area contributed by atoms with Crippen molar-refractivity contribution in [2.45, 2.75) is 191 Å². The Bertz CT molecular complexity index is 1250. The lowest BCUT2D eigenvalue weighted by Crippen LogP contribution is -2.62. The predicted molar refractivity (Wildman–Crippen MR) is 193 cm³/mol. The molecule has 0 aliphatic carbocycles. The SMILES string of the molecule is CC1(C)CC(NC(C(=O)O)c2nc(C(NC3CC(C)(C)NC(C)(C)C3)C(=O)O)nc(C(NC3CC(C)(C)NC(C)(C)C3)C(=O)O)n2)CC(C)(C)N1. The van der Waals surface area contributed by atoms with Gasteiger partial charge in [0.15, 0.2) is 35.6 Å². The summed E-state index contributed by atoms with van der Waals surface area (Å²) in [5.41, 5.74) is -1.83. The molecular weight excluding hydrogens is 654 g/mol. The number of hydrogen-bond donors (Lipinski definition) is 9. The molecule has 3 aliphatic rings. The van der Waals surface area contributed by atoms with Crippen molar-refractivity contribution in [3.05, 3.63) is 17.5 Å². The van der Waals surface area contributed by atoms with E-state index in [-0.39, 0.29) is 68.8 Å². The number of nitrogens with zero attached hydrogens (tertiary/aromatic N) is 3. The zero-order valence-corrected chi connectivity index (χ0v) is 32.6. The van der Waals surface area contributed by atoms with Gasteiger partial charge in [-0.3, -0.25) is 30.3 Å². The molecule has 1 aromatic heterocycles. The summed E-state index contributed by atoms with van der Waals surface area (Å²) in [5, 5.41) is 52.3. The fraction of sp³-hybridized carbons (Fsp3) is 0.833. The molecule has 0 spiro atoms. The Morgan fingerprint density at radius 1 is 0.471 bits per heavy atom. The average molecular weight is 718 g/mol. The van der Waals surface area contributed by atoms with Crippen LogP contribution in [-0.2, 0) is 14.4 Å². The lowest BCUT2D eigenvalue weighted by molar-refractivity contribution is -0.141. The molecule has 3 aliphatic heterocycles. The Balaban J connectivity index is 1.81. The summed E-state index contributed by atoms with van der Waals surface area (Å²) in [5.74, 6) is -4.53. The third-order valence-electron chi connectivity index (χ3n) is 9.98. The highest BCUT2D eigenvalue weighted by molar-refractivity contribution is 5.77. The number of aromatic nitrogens is 3. The number of carbonyl (C=O) groups is 3. The Morgan fingerprint density at radius 2 is 0.647 bits per heavy atom. The molecule has 0 aromatic carbocycles. The molecule has 9 N–H and O–H groups in total. The van der Waals surface area contributed by atoms with Crippen molar-refractivity contribution in [2.24, 2.45) is 0 Å². The largest absolute Gasteiger partial charge is 0.480 e. The van der Waals surface area contributed by atoms with E-state index in [2.05, 4.69) is 130 Å². The smallest absolute Gasteiger partial charge is 0.328 e. The second kappa shape index (κ2) is 14.2. The maximum absolute atomic E-state index is 13.0. The van der Waals surface area contributed by atoms with Gasteiger partial charge in [0.05, 0.1) is 0 Å². The number of carboxylic acid groups (broad SMARTS) is 3. The third-order valence-corrected chi connectivity index (χ3v) is 9.98. The summed E-state index contributed by atoms with van der Waals surface area (Å²) in [6, 6.07) is -5.17. The maximum atomic E-state index is 13.0. The van der Waals surface area contributed by atoms with Gasteiger partial charge in [-0.05, 0) is 122 Å². The molecule has 288 valence electrons. The summed E-state index contributed by atoms with van der Waals surface area (Å²) in [6.45, 7) is 24.6. The monoisotopic (exact) mass is 717 g/mol. The number of rotatable bonds is 12. The van der Waals surface area contributed by atoms with Crippen molar-refractivity contribution in [3.63, 3.8) is 0 Å². The van der Waals surface area contributed by atoms with Crippen LogP contribution in [0, 0.1) is 0 Å². The van der Waals surface area contributed by atoms with Crippen LogP contribution in [0.3, 0.4) is 0 Å². The number of carboxylic acids is 3. The van der Waals surface area contributed by atoms with Crippen molar-refractivity contribution in [1.29, 1.82) is 0 Å². The Morgan fingerprint density at radius 3 is 0.804 bits per heavy atom. The highest BCUT2D eigenvalue weighted by Gasteiger charge is 2.44. The molecule has 3 unspecified atom stereocenters. The molecule has 3 fully saturated rings. The van der Waals surface area contributed by atoms with Gasteiger partial charge in [-0.15, -0.1) is 0 Å². The zero-order chi connectivity index (χ0) is 38.5. The summed E-state index contributed by atoms with van der Waals surface area (Å²) >= 11 is 0. The van der Waals surface area contributed by atoms with Gasteiger partial charge in [0.2, 0.25) is 0 Å². The van der Waals surface area contributed by atoms with Crippen LogP contribution in [0.5, 0.6) is 0 Å². The molecular formula is C36H63N9O6. The van der Waals surface area contributed by atoms with E-state index in [9.17, 15) is 29.7 Å². The minimum absolute atomic E-state index is 0.241. The standard InChI is InChI=1S/C36H63N9O6/c1-31(2)13-19(14-32(3,4)43-31)37-22(28(46)47)25-40-26(23(29(48)49)38-20-15-33(5,6)44-34(7,8)16-20)42-27(41-25)24(30(50)51)39-21-17-35(9,10)45-36(11,12)18-21/h19-24,37-39,43-45H,13-18H2,1-12H3,(H,46,47)(H,48,49)(H,50,51). The summed E-state index contributed by atoms with van der Waals surface area (Å²) < 4.78 is 0. The zero-order valence-electron chi connectivity index (χ0n) is 32.6. The number of piperidine rings is 3. The first-order valence-corrected chi connectivity index (χ1v) is 18.2. The van der Waals surface area contributed by atoms with E-state index in [4.69, 9.17) is 0 Å². The third kappa shape index (κ3) is 11.1. The van der Waals surface area contributed by atoms with E-state index < -0.39 is 36.0 Å². The van der Waals surface area contributed by atoms with Crippen LogP contribution in [0.25, 0.3) is 0 Å². The molecule has 0 saturated carbocycles. The topological polar surface area (TPSA) is 223 Å². The van der Waals surface area contributed by atoms with Gasteiger partial charge in [-0.25, -0.2) is 15.0 Å². The van der Waals surface area contributed by atoms with Crippen LogP contribution in [0.1, 0.15) is 157 Å². The fourth-order valence-corrected chi connectivity index (χ4v) is 9.61. The van der Waals surface area contributed by atoms with E-state index in [0.717, 1.165) is 0 Å². The van der Waals surface area contributed by atoms with Gasteiger partial charge in [0.25, 0.3) is 0 Å². The molecule has 15 nitrogen and oxygen atoms in total. The Kier molecular flexibility index (Phi) is 11.4. The van der Waals surface area contributed by atoms with Gasteiger partial charge in [0, 0.05) is 51.4 Å². The van der Waals surface area contributed by atoms with E-state index in [1.807, 2.05) is 0 Å².